The number of nitrogens with one attached hydrogen (secondary N) is 1. The van der Waals surface area contributed by atoms with Crippen molar-refractivity contribution in [3.63, 3.8) is 0 Å². The highest BCUT2D eigenvalue weighted by atomic mass is 19.1. The van der Waals surface area contributed by atoms with Crippen LogP contribution in [0.25, 0.3) is 22.1 Å². The highest BCUT2D eigenvalue weighted by molar-refractivity contribution is 5.98. The first-order valence-corrected chi connectivity index (χ1v) is 21.7. The van der Waals surface area contributed by atoms with Gasteiger partial charge in [-0.2, -0.15) is 10.2 Å². The number of halogens is 2. The van der Waals surface area contributed by atoms with Gasteiger partial charge in [0.15, 0.2) is 11.6 Å². The van der Waals surface area contributed by atoms with Crippen molar-refractivity contribution in [3.8, 4) is 5.69 Å². The van der Waals surface area contributed by atoms with Gasteiger partial charge in [-0.05, 0) is 125 Å². The van der Waals surface area contributed by atoms with Crippen LogP contribution >= 0.6 is 0 Å². The molecular formula is C47H48F2N10O5. The Morgan fingerprint density at radius 2 is 1.78 bits per heavy atom. The van der Waals surface area contributed by atoms with Gasteiger partial charge in [-0.15, -0.1) is 0 Å². The summed E-state index contributed by atoms with van der Waals surface area (Å²) in [5.41, 5.74) is 5.75. The molecule has 5 aromatic heterocycles. The average Bonchev–Trinajstić information content (AvgIpc) is 3.72. The number of aliphatic hydroxyl groups excluding tert-OH is 1. The molecule has 4 aliphatic rings. The summed E-state index contributed by atoms with van der Waals surface area (Å²) < 4.78 is 47.6. The van der Waals surface area contributed by atoms with E-state index in [1.54, 1.807) is 71.8 Å². The molecule has 3 aliphatic heterocycles. The number of nitrogens with zero attached hydrogens (tertiary/aromatic N) is 9. The van der Waals surface area contributed by atoms with Gasteiger partial charge in [0.05, 0.1) is 56.8 Å². The summed E-state index contributed by atoms with van der Waals surface area (Å²) in [6.45, 7) is 10.5. The molecule has 0 spiro atoms. The molecule has 17 heteroatoms. The number of anilines is 2. The van der Waals surface area contributed by atoms with Crippen molar-refractivity contribution in [1.29, 1.82) is 0 Å². The number of benzene rings is 2. The number of amides is 1. The number of aromatic amines is 1. The van der Waals surface area contributed by atoms with Gasteiger partial charge in [0.2, 0.25) is 6.35 Å². The Bertz CT molecular complexity index is 3130. The summed E-state index contributed by atoms with van der Waals surface area (Å²) >= 11 is 0. The molecule has 64 heavy (non-hydrogen) atoms. The molecule has 1 unspecified atom stereocenters. The lowest BCUT2D eigenvalue weighted by molar-refractivity contribution is -0.0593. The quantitative estimate of drug-likeness (QED) is 0.169. The number of carbonyl (C=O) groups excluding carboxylic acids is 1. The lowest BCUT2D eigenvalue weighted by Crippen LogP contribution is -2.42. The van der Waals surface area contributed by atoms with Crippen LogP contribution in [-0.4, -0.2) is 75.1 Å². The van der Waals surface area contributed by atoms with Gasteiger partial charge in [0.1, 0.15) is 11.6 Å². The predicted octanol–water partition coefficient (Wildman–Crippen LogP) is 7.17. The van der Waals surface area contributed by atoms with Crippen molar-refractivity contribution in [2.24, 2.45) is 7.05 Å². The lowest BCUT2D eigenvalue weighted by atomic mass is 9.84. The van der Waals surface area contributed by atoms with E-state index < -0.39 is 29.4 Å². The van der Waals surface area contributed by atoms with Crippen molar-refractivity contribution in [2.75, 3.05) is 23.0 Å². The number of aromatic nitrogens is 7. The molecule has 0 radical (unpaired) electrons. The van der Waals surface area contributed by atoms with Crippen LogP contribution in [0.15, 0.2) is 76.6 Å². The summed E-state index contributed by atoms with van der Waals surface area (Å²) in [6, 6.07) is 12.4. The zero-order valence-electron chi connectivity index (χ0n) is 36.4. The highest BCUT2D eigenvalue weighted by Gasteiger charge is 2.54. The van der Waals surface area contributed by atoms with Gasteiger partial charge >= 0.3 is 5.76 Å². The fourth-order valence-corrected chi connectivity index (χ4v) is 10.5. The van der Waals surface area contributed by atoms with E-state index in [-0.39, 0.29) is 28.9 Å². The number of carbonyl (C=O) groups is 1. The minimum absolute atomic E-state index is 0.143. The summed E-state index contributed by atoms with van der Waals surface area (Å²) in [5, 5.41) is 25.9. The summed E-state index contributed by atoms with van der Waals surface area (Å²) in [5.74, 6) is -0.649. The lowest BCUT2D eigenvalue weighted by Gasteiger charge is -2.36. The fraction of sp³-hybridized carbons (Fsp3) is 0.383. The van der Waals surface area contributed by atoms with Crippen LogP contribution in [0.1, 0.15) is 108 Å². The predicted molar refractivity (Wildman–Crippen MR) is 233 cm³/mol. The number of fused-ring (bicyclic) bond motifs is 3. The Hall–Kier alpha value is -6.59. The maximum absolute atomic E-state index is 16.2. The van der Waals surface area contributed by atoms with Crippen LogP contribution in [0.5, 0.6) is 0 Å². The Kier molecular flexibility index (Phi) is 8.92. The highest BCUT2D eigenvalue weighted by Crippen LogP contribution is 2.54. The van der Waals surface area contributed by atoms with E-state index in [1.807, 2.05) is 28.5 Å². The standard InChI is InChI=1S/C47H48F2N10O5/c1-25-19-31(20-26(2)38(25)48)59-41(58-17-16-57(45(58)62)36-8-7-35-33(39(36)49)24-50-54(35)6)37-27(3)55(15-10-34(37)52-59)42(60)32-22-30-21-28(29-11-18-63-46(4,5)23-29)9-14-56(30)40(32)47(12-13-47)43-51-44(61)64-53-43/h7-9,14,16-17,19-22,24,27,29,45,62H,10-13,15,18,23H2,1-6H3,(H,51,53,61)/t27-,29-,45?/m0/s1. The summed E-state index contributed by atoms with van der Waals surface area (Å²) in [6.07, 6.45) is 8.73. The molecule has 1 saturated heterocycles. The molecule has 3 atom stereocenters. The van der Waals surface area contributed by atoms with Crippen molar-refractivity contribution in [2.45, 2.75) is 96.1 Å². The van der Waals surface area contributed by atoms with Crippen LogP contribution in [0.3, 0.4) is 0 Å². The zero-order chi connectivity index (χ0) is 44.6. The topological polar surface area (TPSA) is 155 Å². The normalized spacial score (nSPS) is 21.4. The van der Waals surface area contributed by atoms with Crippen molar-refractivity contribution in [1.82, 2.24) is 39.0 Å². The zero-order valence-corrected chi connectivity index (χ0v) is 36.4. The van der Waals surface area contributed by atoms with E-state index in [2.05, 4.69) is 41.2 Å². The Morgan fingerprint density at radius 3 is 2.50 bits per heavy atom. The molecule has 11 rings (SSSR count). The molecule has 2 N–H and O–H groups in total. The molecule has 330 valence electrons. The SMILES string of the molecule is Cc1cc(-n2nc3c(c2N2C=CN(c4ccc5c(cnn5C)c4F)C2O)[C@H](C)N(C(=O)c2cc4cc([C@H]5CCOC(C)(C)C5)ccn4c2C2(c4noc(=O)[nH]4)CC2)CC3)cc(C)c1F. The Balaban J connectivity index is 1.02. The Labute approximate surface area is 366 Å². The van der Waals surface area contributed by atoms with Crippen LogP contribution < -0.4 is 15.6 Å². The molecule has 1 aliphatic carbocycles. The van der Waals surface area contributed by atoms with E-state index >= 15 is 13.6 Å². The maximum Gasteiger partial charge on any atom is 0.438 e. The minimum atomic E-state index is -1.43. The van der Waals surface area contributed by atoms with Gasteiger partial charge in [0, 0.05) is 62.0 Å². The van der Waals surface area contributed by atoms with Gasteiger partial charge < -0.3 is 24.0 Å². The molecule has 2 fully saturated rings. The number of hydrogen-bond acceptors (Lipinski definition) is 10. The second-order valence-electron chi connectivity index (χ2n) is 18.5. The number of ether oxygens (including phenoxy) is 1. The number of aliphatic hydroxyl groups is 1. The van der Waals surface area contributed by atoms with Gasteiger partial charge in [-0.1, -0.05) is 5.16 Å². The molecule has 15 nitrogen and oxygen atoms in total. The van der Waals surface area contributed by atoms with E-state index in [0.717, 1.165) is 29.6 Å². The van der Waals surface area contributed by atoms with Crippen molar-refractivity contribution < 1.29 is 27.9 Å². The molecule has 7 aromatic rings. The van der Waals surface area contributed by atoms with Crippen LogP contribution in [0.4, 0.5) is 20.3 Å². The van der Waals surface area contributed by atoms with E-state index in [4.69, 9.17) is 14.4 Å². The third kappa shape index (κ3) is 6.07. The van der Waals surface area contributed by atoms with Gasteiger partial charge in [-0.25, -0.2) is 18.3 Å². The first kappa shape index (κ1) is 40.2. The van der Waals surface area contributed by atoms with E-state index in [0.29, 0.717) is 88.6 Å². The molecule has 0 bridgehead atoms. The van der Waals surface area contributed by atoms with E-state index in [9.17, 15) is 9.90 Å². The van der Waals surface area contributed by atoms with E-state index in [1.165, 1.54) is 11.1 Å². The van der Waals surface area contributed by atoms with Crippen LogP contribution in [0, 0.1) is 25.5 Å². The Morgan fingerprint density at radius 1 is 1.02 bits per heavy atom. The molecular weight excluding hydrogens is 823 g/mol. The largest absolute Gasteiger partial charge is 0.438 e. The molecule has 1 saturated carbocycles. The molecule has 2 aromatic carbocycles. The van der Waals surface area contributed by atoms with Crippen molar-refractivity contribution >= 4 is 33.8 Å². The van der Waals surface area contributed by atoms with Crippen molar-refractivity contribution in [3.05, 3.63) is 134 Å². The number of pyridine rings is 1. The second kappa shape index (κ2) is 14.2. The molecule has 1 amide bonds. The number of H-pyrrole nitrogens is 1. The maximum atomic E-state index is 16.2. The average molecular weight is 871 g/mol. The third-order valence-corrected chi connectivity index (χ3v) is 13.9. The second-order valence-corrected chi connectivity index (χ2v) is 18.5. The number of aryl methyl sites for hydroxylation is 3. The summed E-state index contributed by atoms with van der Waals surface area (Å²) in [7, 11) is 1.74. The first-order chi connectivity index (χ1) is 30.6. The third-order valence-electron chi connectivity index (χ3n) is 13.9. The minimum Gasteiger partial charge on any atom is -0.376 e. The summed E-state index contributed by atoms with van der Waals surface area (Å²) in [4.78, 5) is 35.4. The fourth-order valence-electron chi connectivity index (χ4n) is 10.5. The van der Waals surface area contributed by atoms with Gasteiger partial charge in [0.25, 0.3) is 5.91 Å². The number of rotatable bonds is 7. The van der Waals surface area contributed by atoms with Gasteiger partial charge in [-0.3, -0.25) is 23.9 Å². The first-order valence-electron chi connectivity index (χ1n) is 21.7. The smallest absolute Gasteiger partial charge is 0.376 e. The molecule has 8 heterocycles. The number of hydrogen-bond donors (Lipinski definition) is 2. The van der Waals surface area contributed by atoms with Crippen LogP contribution in [0.2, 0.25) is 0 Å². The van der Waals surface area contributed by atoms with Crippen LogP contribution in [-0.2, 0) is 23.6 Å². The monoisotopic (exact) mass is 870 g/mol.